The average molecular weight is 335 g/mol. The van der Waals surface area contributed by atoms with E-state index in [-0.39, 0.29) is 18.3 Å². The Bertz CT molecular complexity index is 646. The summed E-state index contributed by atoms with van der Waals surface area (Å²) in [6.07, 6.45) is 0. The van der Waals surface area contributed by atoms with Crippen molar-refractivity contribution in [3.05, 3.63) is 58.7 Å². The first-order valence-electron chi connectivity index (χ1n) is 7.33. The van der Waals surface area contributed by atoms with E-state index in [4.69, 9.17) is 10.5 Å². The highest BCUT2D eigenvalue weighted by Crippen LogP contribution is 2.20. The molecule has 0 fully saturated rings. The molecule has 0 spiro atoms. The highest BCUT2D eigenvalue weighted by molar-refractivity contribution is 6.06. The van der Waals surface area contributed by atoms with Crippen molar-refractivity contribution in [1.29, 1.82) is 0 Å². The number of amides is 1. The fourth-order valence-corrected chi connectivity index (χ4v) is 2.54. The minimum absolute atomic E-state index is 0. The summed E-state index contributed by atoms with van der Waals surface area (Å²) in [6.45, 7) is 6.90. The zero-order valence-corrected chi connectivity index (χ0v) is 14.5. The highest BCUT2D eigenvalue weighted by atomic mass is 35.5. The molecule has 0 aromatic heterocycles. The summed E-state index contributed by atoms with van der Waals surface area (Å²) < 4.78 is 5.41. The first-order chi connectivity index (χ1) is 10.5. The maximum absolute atomic E-state index is 12.5. The van der Waals surface area contributed by atoms with E-state index in [1.165, 1.54) is 0 Å². The van der Waals surface area contributed by atoms with Gasteiger partial charge in [0.25, 0.3) is 5.91 Å². The average Bonchev–Trinajstić information content (AvgIpc) is 2.45. The molecule has 0 aliphatic heterocycles. The molecular formula is C18H23ClN2O2. The second-order valence-electron chi connectivity index (χ2n) is 5.39. The fourth-order valence-electron chi connectivity index (χ4n) is 2.54. The van der Waals surface area contributed by atoms with E-state index in [0.717, 1.165) is 33.7 Å². The van der Waals surface area contributed by atoms with Gasteiger partial charge >= 0.3 is 0 Å². The molecule has 3 N–H and O–H groups in total. The lowest BCUT2D eigenvalue weighted by molar-refractivity contribution is 0.102. The van der Waals surface area contributed by atoms with Gasteiger partial charge in [-0.05, 0) is 56.2 Å². The van der Waals surface area contributed by atoms with Crippen LogP contribution in [0, 0.1) is 20.8 Å². The number of hydrogen-bond acceptors (Lipinski definition) is 3. The third kappa shape index (κ3) is 4.98. The van der Waals surface area contributed by atoms with Crippen LogP contribution in [0.1, 0.15) is 27.0 Å². The van der Waals surface area contributed by atoms with Crippen LogP contribution in [0.2, 0.25) is 0 Å². The zero-order valence-electron chi connectivity index (χ0n) is 13.7. The van der Waals surface area contributed by atoms with Gasteiger partial charge in [0.2, 0.25) is 0 Å². The van der Waals surface area contributed by atoms with Gasteiger partial charge in [0, 0.05) is 17.8 Å². The number of benzene rings is 2. The van der Waals surface area contributed by atoms with E-state index < -0.39 is 0 Å². The van der Waals surface area contributed by atoms with Crippen LogP contribution in [0.3, 0.4) is 0 Å². The number of aryl methyl sites for hydroxylation is 3. The van der Waals surface area contributed by atoms with Crippen LogP contribution in [0.5, 0.6) is 5.75 Å². The van der Waals surface area contributed by atoms with Crippen molar-refractivity contribution in [3.63, 3.8) is 0 Å². The van der Waals surface area contributed by atoms with Crippen molar-refractivity contribution >= 4 is 24.0 Å². The normalized spacial score (nSPS) is 9.91. The second kappa shape index (κ2) is 8.56. The molecule has 0 atom stereocenters. The third-order valence-electron chi connectivity index (χ3n) is 3.40. The van der Waals surface area contributed by atoms with Crippen molar-refractivity contribution in [2.75, 3.05) is 18.5 Å². The topological polar surface area (TPSA) is 64.3 Å². The molecule has 2 rings (SSSR count). The lowest BCUT2D eigenvalue weighted by atomic mass is 9.99. The van der Waals surface area contributed by atoms with Crippen LogP contribution >= 0.6 is 12.4 Å². The molecule has 0 heterocycles. The molecular weight excluding hydrogens is 312 g/mol. The van der Waals surface area contributed by atoms with Gasteiger partial charge in [0.1, 0.15) is 12.4 Å². The smallest absolute Gasteiger partial charge is 0.256 e. The number of rotatable bonds is 5. The molecule has 23 heavy (non-hydrogen) atoms. The van der Waals surface area contributed by atoms with E-state index in [9.17, 15) is 4.79 Å². The lowest BCUT2D eigenvalue weighted by Crippen LogP contribution is -2.15. The first kappa shape index (κ1) is 19.0. The molecule has 0 bridgehead atoms. The number of halogens is 1. The molecule has 0 aliphatic rings. The van der Waals surface area contributed by atoms with Gasteiger partial charge in [-0.25, -0.2) is 0 Å². The Morgan fingerprint density at radius 1 is 1.09 bits per heavy atom. The third-order valence-corrected chi connectivity index (χ3v) is 3.40. The number of nitrogens with one attached hydrogen (secondary N) is 1. The maximum atomic E-state index is 12.5. The van der Waals surface area contributed by atoms with Gasteiger partial charge in [-0.3, -0.25) is 4.79 Å². The van der Waals surface area contributed by atoms with E-state index in [2.05, 4.69) is 5.32 Å². The number of anilines is 1. The van der Waals surface area contributed by atoms with E-state index in [1.54, 1.807) is 0 Å². The Kier molecular flexibility index (Phi) is 7.07. The van der Waals surface area contributed by atoms with E-state index in [0.29, 0.717) is 13.2 Å². The van der Waals surface area contributed by atoms with Crippen molar-refractivity contribution in [2.24, 2.45) is 5.73 Å². The molecule has 4 nitrogen and oxygen atoms in total. The van der Waals surface area contributed by atoms with Gasteiger partial charge in [-0.2, -0.15) is 0 Å². The zero-order chi connectivity index (χ0) is 16.1. The van der Waals surface area contributed by atoms with Crippen molar-refractivity contribution < 1.29 is 9.53 Å². The monoisotopic (exact) mass is 334 g/mol. The largest absolute Gasteiger partial charge is 0.492 e. The number of nitrogens with two attached hydrogens (primary N) is 1. The van der Waals surface area contributed by atoms with Crippen LogP contribution < -0.4 is 15.8 Å². The molecule has 0 unspecified atom stereocenters. The standard InChI is InChI=1S/C18H22N2O2.ClH/c1-12-10-13(2)17(14(3)11-12)18(21)20-15-4-6-16(7-5-15)22-9-8-19;/h4-7,10-11H,8-9,19H2,1-3H3,(H,20,21);1H. The number of carbonyl (C=O) groups is 1. The maximum Gasteiger partial charge on any atom is 0.256 e. The summed E-state index contributed by atoms with van der Waals surface area (Å²) in [5, 5.41) is 2.92. The Morgan fingerprint density at radius 2 is 1.65 bits per heavy atom. The minimum atomic E-state index is -0.0920. The van der Waals surface area contributed by atoms with Crippen LogP contribution in [0.4, 0.5) is 5.69 Å². The van der Waals surface area contributed by atoms with Crippen LogP contribution in [0.25, 0.3) is 0 Å². The second-order valence-corrected chi connectivity index (χ2v) is 5.39. The SMILES string of the molecule is Cc1cc(C)c(C(=O)Nc2ccc(OCCN)cc2)c(C)c1.Cl. The molecule has 0 saturated heterocycles. The van der Waals surface area contributed by atoms with Gasteiger partial charge in [0.15, 0.2) is 0 Å². The Morgan fingerprint density at radius 3 is 2.17 bits per heavy atom. The van der Waals surface area contributed by atoms with Gasteiger partial charge in [-0.1, -0.05) is 17.7 Å². The molecule has 1 amide bonds. The molecule has 0 radical (unpaired) electrons. The molecule has 124 valence electrons. The summed E-state index contributed by atoms with van der Waals surface area (Å²) in [4.78, 5) is 12.5. The molecule has 5 heteroatoms. The van der Waals surface area contributed by atoms with E-state index >= 15 is 0 Å². The van der Waals surface area contributed by atoms with Gasteiger partial charge in [0.05, 0.1) is 0 Å². The van der Waals surface area contributed by atoms with Crippen LogP contribution in [-0.4, -0.2) is 19.1 Å². The number of carbonyl (C=O) groups excluding carboxylic acids is 1. The van der Waals surface area contributed by atoms with E-state index in [1.807, 2.05) is 57.2 Å². The van der Waals surface area contributed by atoms with Gasteiger partial charge in [-0.15, -0.1) is 12.4 Å². The summed E-state index contributed by atoms with van der Waals surface area (Å²) in [5.74, 6) is 0.650. The first-order valence-corrected chi connectivity index (χ1v) is 7.33. The Balaban J connectivity index is 0.00000264. The number of ether oxygens (including phenoxy) is 1. The van der Waals surface area contributed by atoms with Crippen molar-refractivity contribution in [2.45, 2.75) is 20.8 Å². The predicted molar refractivity (Wildman–Crippen MR) is 96.8 cm³/mol. The minimum Gasteiger partial charge on any atom is -0.492 e. The predicted octanol–water partition coefficient (Wildman–Crippen LogP) is 3.62. The summed E-state index contributed by atoms with van der Waals surface area (Å²) in [6, 6.07) is 11.3. The summed E-state index contributed by atoms with van der Waals surface area (Å²) in [7, 11) is 0. The Hall–Kier alpha value is -2.04. The molecule has 0 aliphatic carbocycles. The Labute approximate surface area is 143 Å². The molecule has 2 aromatic carbocycles. The van der Waals surface area contributed by atoms with Crippen molar-refractivity contribution in [3.8, 4) is 5.75 Å². The quantitative estimate of drug-likeness (QED) is 0.877. The van der Waals surface area contributed by atoms with Crippen molar-refractivity contribution in [1.82, 2.24) is 0 Å². The van der Waals surface area contributed by atoms with Gasteiger partial charge < -0.3 is 15.8 Å². The highest BCUT2D eigenvalue weighted by Gasteiger charge is 2.13. The summed E-state index contributed by atoms with van der Waals surface area (Å²) in [5.41, 5.74) is 9.99. The van der Waals surface area contributed by atoms with Crippen LogP contribution in [-0.2, 0) is 0 Å². The fraction of sp³-hybridized carbons (Fsp3) is 0.278. The molecule has 2 aromatic rings. The number of hydrogen-bond donors (Lipinski definition) is 2. The summed E-state index contributed by atoms with van der Waals surface area (Å²) >= 11 is 0. The lowest BCUT2D eigenvalue weighted by Gasteiger charge is -2.12. The van der Waals surface area contributed by atoms with Crippen LogP contribution in [0.15, 0.2) is 36.4 Å². The molecule has 0 saturated carbocycles.